The monoisotopic (exact) mass is 182 g/mol. The molecule has 74 valence electrons. The maximum Gasteiger partial charge on any atom is 0.267 e. The van der Waals surface area contributed by atoms with E-state index < -0.39 is 0 Å². The maximum absolute atomic E-state index is 11.4. The van der Waals surface area contributed by atoms with Crippen LogP contribution in [-0.4, -0.2) is 9.78 Å². The molecular weight excluding hydrogens is 164 g/mol. The van der Waals surface area contributed by atoms with Crippen molar-refractivity contribution in [3.8, 4) is 0 Å². The highest BCUT2D eigenvalue weighted by atomic mass is 16.1. The molecule has 0 aliphatic heterocycles. The zero-order valence-electron chi connectivity index (χ0n) is 8.68. The van der Waals surface area contributed by atoms with Gasteiger partial charge in [-0.2, -0.15) is 0 Å². The fraction of sp³-hybridized carbons (Fsp3) is 0.700. The summed E-state index contributed by atoms with van der Waals surface area (Å²) in [5.74, 6) is 0. The molecule has 0 unspecified atom stereocenters. The Morgan fingerprint density at radius 3 is 2.38 bits per heavy atom. The first-order valence-electron chi connectivity index (χ1n) is 4.97. The van der Waals surface area contributed by atoms with Crippen molar-refractivity contribution < 1.29 is 0 Å². The molecule has 3 nitrogen and oxygen atoms in total. The van der Waals surface area contributed by atoms with Gasteiger partial charge in [0.25, 0.3) is 5.56 Å². The van der Waals surface area contributed by atoms with Crippen LogP contribution in [0.2, 0.25) is 0 Å². The van der Waals surface area contributed by atoms with Gasteiger partial charge in [0.2, 0.25) is 0 Å². The molecular formula is C10H18N2O. The van der Waals surface area contributed by atoms with Gasteiger partial charge in [-0.05, 0) is 12.8 Å². The van der Waals surface area contributed by atoms with Crippen molar-refractivity contribution >= 4 is 0 Å². The molecule has 0 saturated carbocycles. The number of aromatic nitrogens is 2. The smallest absolute Gasteiger partial charge is 0.267 e. The van der Waals surface area contributed by atoms with Gasteiger partial charge in [-0.1, -0.05) is 26.7 Å². The topological polar surface area (TPSA) is 37.8 Å². The van der Waals surface area contributed by atoms with Gasteiger partial charge in [0.15, 0.2) is 0 Å². The lowest BCUT2D eigenvalue weighted by Crippen LogP contribution is -2.06. The molecule has 0 aliphatic rings. The first kappa shape index (κ1) is 10.1. The van der Waals surface area contributed by atoms with Gasteiger partial charge in [-0.15, -0.1) is 0 Å². The van der Waals surface area contributed by atoms with Gasteiger partial charge in [0, 0.05) is 18.3 Å². The van der Waals surface area contributed by atoms with Gasteiger partial charge in [0.1, 0.15) is 0 Å². The van der Waals surface area contributed by atoms with Crippen LogP contribution < -0.4 is 5.56 Å². The van der Waals surface area contributed by atoms with E-state index in [1.54, 1.807) is 0 Å². The highest BCUT2D eigenvalue weighted by Gasteiger charge is 2.10. The molecule has 0 fully saturated rings. The van der Waals surface area contributed by atoms with Crippen molar-refractivity contribution in [2.24, 2.45) is 7.05 Å². The van der Waals surface area contributed by atoms with Crippen LogP contribution in [-0.2, 0) is 19.9 Å². The summed E-state index contributed by atoms with van der Waals surface area (Å²) >= 11 is 0. The van der Waals surface area contributed by atoms with Crippen LogP contribution in [0.25, 0.3) is 0 Å². The highest BCUT2D eigenvalue weighted by molar-refractivity contribution is 5.18. The predicted octanol–water partition coefficient (Wildman–Crippen LogP) is 1.62. The van der Waals surface area contributed by atoms with E-state index >= 15 is 0 Å². The Balaban J connectivity index is 3.05. The molecule has 1 rings (SSSR count). The number of nitrogens with one attached hydrogen (secondary N) is 1. The Morgan fingerprint density at radius 2 is 1.85 bits per heavy atom. The minimum absolute atomic E-state index is 0.0906. The first-order valence-corrected chi connectivity index (χ1v) is 4.97. The van der Waals surface area contributed by atoms with E-state index in [1.165, 1.54) is 5.69 Å². The minimum atomic E-state index is 0.0906. The molecule has 0 aromatic carbocycles. The Hall–Kier alpha value is -0.990. The quantitative estimate of drug-likeness (QED) is 0.755. The van der Waals surface area contributed by atoms with E-state index in [0.29, 0.717) is 0 Å². The number of nitrogens with zero attached hydrogens (tertiary/aromatic N) is 1. The van der Waals surface area contributed by atoms with Crippen LogP contribution in [0.3, 0.4) is 0 Å². The van der Waals surface area contributed by atoms with Gasteiger partial charge in [-0.3, -0.25) is 14.6 Å². The van der Waals surface area contributed by atoms with Crippen molar-refractivity contribution in [2.45, 2.75) is 39.5 Å². The zero-order valence-corrected chi connectivity index (χ0v) is 8.68. The largest absolute Gasteiger partial charge is 0.292 e. The summed E-state index contributed by atoms with van der Waals surface area (Å²) in [6.45, 7) is 4.23. The number of H-pyrrole nitrogens is 1. The van der Waals surface area contributed by atoms with E-state index in [2.05, 4.69) is 18.9 Å². The fourth-order valence-electron chi connectivity index (χ4n) is 1.68. The second kappa shape index (κ2) is 4.30. The summed E-state index contributed by atoms with van der Waals surface area (Å²) in [4.78, 5) is 11.4. The first-order chi connectivity index (χ1) is 6.20. The van der Waals surface area contributed by atoms with Gasteiger partial charge in [-0.25, -0.2) is 0 Å². The van der Waals surface area contributed by atoms with Crippen LogP contribution in [0.4, 0.5) is 0 Å². The zero-order chi connectivity index (χ0) is 9.84. The molecule has 13 heavy (non-hydrogen) atoms. The van der Waals surface area contributed by atoms with Gasteiger partial charge < -0.3 is 0 Å². The lowest BCUT2D eigenvalue weighted by Gasteiger charge is -2.02. The highest BCUT2D eigenvalue weighted by Crippen LogP contribution is 2.07. The standard InChI is InChI=1S/C10H18N2O/c1-4-6-8-9(7-5-2)12(3)11-10(8)13/h4-7H2,1-3H3,(H,11,13). The molecule has 1 aromatic heterocycles. The molecule has 0 atom stereocenters. The van der Waals surface area contributed by atoms with E-state index in [4.69, 9.17) is 0 Å². The van der Waals surface area contributed by atoms with Crippen LogP contribution in [0.5, 0.6) is 0 Å². The molecule has 1 heterocycles. The Kier molecular flexibility index (Phi) is 3.34. The van der Waals surface area contributed by atoms with E-state index in [0.717, 1.165) is 31.2 Å². The van der Waals surface area contributed by atoms with E-state index in [9.17, 15) is 4.79 Å². The van der Waals surface area contributed by atoms with Crippen molar-refractivity contribution in [3.05, 3.63) is 21.6 Å². The Bertz CT molecular complexity index is 322. The molecule has 0 radical (unpaired) electrons. The normalized spacial score (nSPS) is 10.7. The Morgan fingerprint density at radius 1 is 1.23 bits per heavy atom. The number of hydrogen-bond donors (Lipinski definition) is 1. The lowest BCUT2D eigenvalue weighted by atomic mass is 10.1. The SMILES string of the molecule is CCCc1c(CCC)n(C)[nH]c1=O. The molecule has 0 bridgehead atoms. The van der Waals surface area contributed by atoms with Crippen molar-refractivity contribution in [1.82, 2.24) is 9.78 Å². The molecule has 0 amide bonds. The van der Waals surface area contributed by atoms with Crippen molar-refractivity contribution in [3.63, 3.8) is 0 Å². The number of aryl methyl sites for hydroxylation is 1. The maximum atomic E-state index is 11.4. The van der Waals surface area contributed by atoms with Crippen LogP contribution >= 0.6 is 0 Å². The number of aromatic amines is 1. The van der Waals surface area contributed by atoms with E-state index in [-0.39, 0.29) is 5.56 Å². The summed E-state index contributed by atoms with van der Waals surface area (Å²) in [6, 6.07) is 0. The molecule has 0 saturated heterocycles. The average Bonchev–Trinajstić information content (AvgIpc) is 2.33. The van der Waals surface area contributed by atoms with Crippen molar-refractivity contribution in [1.29, 1.82) is 0 Å². The van der Waals surface area contributed by atoms with Gasteiger partial charge in [0.05, 0.1) is 0 Å². The van der Waals surface area contributed by atoms with Crippen molar-refractivity contribution in [2.75, 3.05) is 0 Å². The summed E-state index contributed by atoms with van der Waals surface area (Å²) in [6.07, 6.45) is 4.00. The average molecular weight is 182 g/mol. The fourth-order valence-corrected chi connectivity index (χ4v) is 1.68. The second-order valence-corrected chi connectivity index (χ2v) is 3.43. The lowest BCUT2D eigenvalue weighted by molar-refractivity contribution is 0.688. The third-order valence-corrected chi connectivity index (χ3v) is 2.28. The third-order valence-electron chi connectivity index (χ3n) is 2.28. The Labute approximate surface area is 78.8 Å². The summed E-state index contributed by atoms with van der Waals surface area (Å²) in [5.41, 5.74) is 2.24. The summed E-state index contributed by atoms with van der Waals surface area (Å²) < 4.78 is 1.86. The molecule has 3 heteroatoms. The second-order valence-electron chi connectivity index (χ2n) is 3.43. The number of rotatable bonds is 4. The molecule has 1 aromatic rings. The van der Waals surface area contributed by atoms with E-state index in [1.807, 2.05) is 11.7 Å². The van der Waals surface area contributed by atoms with Crippen LogP contribution in [0.1, 0.15) is 37.9 Å². The van der Waals surface area contributed by atoms with Crippen LogP contribution in [0.15, 0.2) is 4.79 Å². The number of hydrogen-bond acceptors (Lipinski definition) is 1. The molecule has 1 N–H and O–H groups in total. The molecule has 0 aliphatic carbocycles. The van der Waals surface area contributed by atoms with Crippen LogP contribution in [0, 0.1) is 0 Å². The predicted molar refractivity (Wildman–Crippen MR) is 54.0 cm³/mol. The summed E-state index contributed by atoms with van der Waals surface area (Å²) in [7, 11) is 1.91. The molecule has 0 spiro atoms. The summed E-state index contributed by atoms with van der Waals surface area (Å²) in [5, 5.41) is 2.81. The minimum Gasteiger partial charge on any atom is -0.292 e. The third kappa shape index (κ3) is 2.02. The van der Waals surface area contributed by atoms with Gasteiger partial charge >= 0.3 is 0 Å².